The van der Waals surface area contributed by atoms with Gasteiger partial charge in [-0.3, -0.25) is 4.99 Å². The second-order valence-corrected chi connectivity index (χ2v) is 6.18. The van der Waals surface area contributed by atoms with Crippen molar-refractivity contribution in [2.75, 3.05) is 20.1 Å². The number of nitrogens with zero attached hydrogens (tertiary/aromatic N) is 2. The maximum atomic E-state index is 4.79. The van der Waals surface area contributed by atoms with E-state index in [1.54, 1.807) is 0 Å². The summed E-state index contributed by atoms with van der Waals surface area (Å²) in [4.78, 5) is 10.9. The molecule has 20 heavy (non-hydrogen) atoms. The minimum atomic E-state index is 0.539. The van der Waals surface area contributed by atoms with Gasteiger partial charge in [0.2, 0.25) is 0 Å². The lowest BCUT2D eigenvalue weighted by atomic mass is 9.85. The third kappa shape index (κ3) is 1.66. The van der Waals surface area contributed by atoms with E-state index in [9.17, 15) is 0 Å². The van der Waals surface area contributed by atoms with Crippen LogP contribution in [0.2, 0.25) is 0 Å². The second-order valence-electron chi connectivity index (χ2n) is 6.18. The average molecular weight is 267 g/mol. The van der Waals surface area contributed by atoms with Crippen LogP contribution in [0.1, 0.15) is 36.9 Å². The number of aromatic amines is 1. The van der Waals surface area contributed by atoms with Gasteiger partial charge in [0, 0.05) is 29.4 Å². The number of likely N-dealkylation sites (N-methyl/N-ethyl adjacent to an activating group) is 1. The van der Waals surface area contributed by atoms with Crippen molar-refractivity contribution in [3.05, 3.63) is 35.5 Å². The molecule has 2 aromatic rings. The number of rotatable bonds is 1. The second kappa shape index (κ2) is 4.45. The molecule has 3 heteroatoms. The third-order valence-electron chi connectivity index (χ3n) is 5.05. The lowest BCUT2D eigenvalue weighted by molar-refractivity contribution is 0.272. The molecule has 4 rings (SSSR count). The molecule has 104 valence electrons. The SMILES string of the molecule is CC1=NCC(C2CCCN2C)c2c1[nH]c1ccccc21. The highest BCUT2D eigenvalue weighted by Crippen LogP contribution is 2.39. The Bertz CT molecular complexity index is 683. The summed E-state index contributed by atoms with van der Waals surface area (Å²) in [6.45, 7) is 4.29. The van der Waals surface area contributed by atoms with Crippen LogP contribution in [0.5, 0.6) is 0 Å². The normalized spacial score (nSPS) is 26.8. The number of para-hydroxylation sites is 1. The summed E-state index contributed by atoms with van der Waals surface area (Å²) >= 11 is 0. The van der Waals surface area contributed by atoms with Crippen molar-refractivity contribution in [3.63, 3.8) is 0 Å². The van der Waals surface area contributed by atoms with Crippen molar-refractivity contribution in [3.8, 4) is 0 Å². The van der Waals surface area contributed by atoms with Gasteiger partial charge in [-0.25, -0.2) is 0 Å². The molecule has 3 nitrogen and oxygen atoms in total. The standard InChI is InChI=1S/C17H21N3/c1-11-17-16(12-6-3-4-7-14(12)19-17)13(10-18-11)15-8-5-9-20(15)2/h3-4,6-7,13,15,19H,5,8-10H2,1-2H3. The summed E-state index contributed by atoms with van der Waals surface area (Å²) in [7, 11) is 2.26. The summed E-state index contributed by atoms with van der Waals surface area (Å²) in [6.07, 6.45) is 2.62. The summed E-state index contributed by atoms with van der Waals surface area (Å²) in [5.74, 6) is 0.539. The molecule has 0 radical (unpaired) electrons. The third-order valence-corrected chi connectivity index (χ3v) is 5.05. The molecule has 2 unspecified atom stereocenters. The lowest BCUT2D eigenvalue weighted by Crippen LogP contribution is -2.34. The van der Waals surface area contributed by atoms with E-state index in [1.807, 2.05) is 0 Å². The minimum Gasteiger partial charge on any atom is -0.353 e. The zero-order chi connectivity index (χ0) is 13.7. The Morgan fingerprint density at radius 2 is 2.15 bits per heavy atom. The minimum absolute atomic E-state index is 0.539. The van der Waals surface area contributed by atoms with Crippen LogP contribution in [0.3, 0.4) is 0 Å². The maximum Gasteiger partial charge on any atom is 0.0639 e. The summed E-state index contributed by atoms with van der Waals surface area (Å²) in [6, 6.07) is 9.33. The Kier molecular flexibility index (Phi) is 2.71. The van der Waals surface area contributed by atoms with Crippen LogP contribution in [0.4, 0.5) is 0 Å². The van der Waals surface area contributed by atoms with Crippen molar-refractivity contribution in [2.45, 2.75) is 31.7 Å². The average Bonchev–Trinajstić information content (AvgIpc) is 3.04. The number of aliphatic imine (C=N–C) groups is 1. The van der Waals surface area contributed by atoms with Gasteiger partial charge in [0.25, 0.3) is 0 Å². The van der Waals surface area contributed by atoms with Crippen LogP contribution in [-0.2, 0) is 0 Å². The van der Waals surface area contributed by atoms with E-state index < -0.39 is 0 Å². The molecular formula is C17H21N3. The number of nitrogens with one attached hydrogen (secondary N) is 1. The largest absolute Gasteiger partial charge is 0.353 e. The van der Waals surface area contributed by atoms with Gasteiger partial charge in [0.05, 0.1) is 11.4 Å². The van der Waals surface area contributed by atoms with E-state index >= 15 is 0 Å². The predicted molar refractivity (Wildman–Crippen MR) is 83.8 cm³/mol. The Hall–Kier alpha value is -1.61. The number of hydrogen-bond donors (Lipinski definition) is 1. The first-order chi connectivity index (χ1) is 9.75. The Balaban J connectivity index is 1.90. The first kappa shape index (κ1) is 12.2. The molecule has 0 bridgehead atoms. The molecule has 1 aromatic carbocycles. The van der Waals surface area contributed by atoms with Gasteiger partial charge in [0.15, 0.2) is 0 Å². The molecule has 0 aliphatic carbocycles. The van der Waals surface area contributed by atoms with Crippen molar-refractivity contribution < 1.29 is 0 Å². The fourth-order valence-corrected chi connectivity index (χ4v) is 4.00. The molecule has 3 heterocycles. The van der Waals surface area contributed by atoms with E-state index in [1.165, 1.54) is 41.5 Å². The zero-order valence-corrected chi connectivity index (χ0v) is 12.2. The quantitative estimate of drug-likeness (QED) is 0.845. The molecule has 0 spiro atoms. The number of H-pyrrole nitrogens is 1. The number of aromatic nitrogens is 1. The van der Waals surface area contributed by atoms with Crippen molar-refractivity contribution in [2.24, 2.45) is 4.99 Å². The van der Waals surface area contributed by atoms with Crippen molar-refractivity contribution in [1.29, 1.82) is 0 Å². The first-order valence-corrected chi connectivity index (χ1v) is 7.58. The molecule has 2 aliphatic rings. The van der Waals surface area contributed by atoms with Crippen LogP contribution in [-0.4, -0.2) is 41.8 Å². The molecule has 2 atom stereocenters. The van der Waals surface area contributed by atoms with E-state index in [0.29, 0.717) is 12.0 Å². The number of benzene rings is 1. The highest BCUT2D eigenvalue weighted by Gasteiger charge is 2.35. The van der Waals surface area contributed by atoms with E-state index in [2.05, 4.69) is 48.1 Å². The van der Waals surface area contributed by atoms with Gasteiger partial charge in [-0.2, -0.15) is 0 Å². The Morgan fingerprint density at radius 3 is 2.95 bits per heavy atom. The monoisotopic (exact) mass is 267 g/mol. The smallest absolute Gasteiger partial charge is 0.0639 e. The van der Waals surface area contributed by atoms with Crippen LogP contribution < -0.4 is 0 Å². The fourth-order valence-electron chi connectivity index (χ4n) is 4.00. The Morgan fingerprint density at radius 1 is 1.30 bits per heavy atom. The van der Waals surface area contributed by atoms with Gasteiger partial charge in [0.1, 0.15) is 0 Å². The van der Waals surface area contributed by atoms with E-state index in [4.69, 9.17) is 4.99 Å². The number of hydrogen-bond acceptors (Lipinski definition) is 2. The first-order valence-electron chi connectivity index (χ1n) is 7.58. The van der Waals surface area contributed by atoms with Gasteiger partial charge >= 0.3 is 0 Å². The van der Waals surface area contributed by atoms with Gasteiger partial charge in [-0.1, -0.05) is 18.2 Å². The fraction of sp³-hybridized carbons (Fsp3) is 0.471. The predicted octanol–water partition coefficient (Wildman–Crippen LogP) is 3.17. The number of fused-ring (bicyclic) bond motifs is 3. The molecule has 1 saturated heterocycles. The zero-order valence-electron chi connectivity index (χ0n) is 12.2. The van der Waals surface area contributed by atoms with Gasteiger partial charge < -0.3 is 9.88 Å². The van der Waals surface area contributed by atoms with Gasteiger partial charge in [-0.05, 0) is 45.0 Å². The van der Waals surface area contributed by atoms with Crippen LogP contribution in [0.25, 0.3) is 10.9 Å². The highest BCUT2D eigenvalue weighted by atomic mass is 15.2. The molecule has 0 amide bonds. The summed E-state index contributed by atoms with van der Waals surface area (Å²) in [5, 5.41) is 1.39. The topological polar surface area (TPSA) is 31.4 Å². The maximum absolute atomic E-state index is 4.79. The van der Waals surface area contributed by atoms with Crippen molar-refractivity contribution >= 4 is 16.6 Å². The number of likely N-dealkylation sites (tertiary alicyclic amines) is 1. The van der Waals surface area contributed by atoms with Crippen LogP contribution in [0, 0.1) is 0 Å². The van der Waals surface area contributed by atoms with Gasteiger partial charge in [-0.15, -0.1) is 0 Å². The summed E-state index contributed by atoms with van der Waals surface area (Å²) in [5.41, 5.74) is 5.18. The summed E-state index contributed by atoms with van der Waals surface area (Å²) < 4.78 is 0. The van der Waals surface area contributed by atoms with E-state index in [-0.39, 0.29) is 0 Å². The Labute approximate surface area is 119 Å². The van der Waals surface area contributed by atoms with Crippen molar-refractivity contribution in [1.82, 2.24) is 9.88 Å². The molecule has 1 aromatic heterocycles. The van der Waals surface area contributed by atoms with E-state index in [0.717, 1.165) is 12.3 Å². The molecule has 1 fully saturated rings. The highest BCUT2D eigenvalue weighted by molar-refractivity contribution is 6.05. The van der Waals surface area contributed by atoms with Crippen LogP contribution >= 0.6 is 0 Å². The molecule has 2 aliphatic heterocycles. The molecule has 0 saturated carbocycles. The molecule has 1 N–H and O–H groups in total. The molecular weight excluding hydrogens is 246 g/mol. The lowest BCUT2D eigenvalue weighted by Gasteiger charge is -2.31. The van der Waals surface area contributed by atoms with Crippen LogP contribution in [0.15, 0.2) is 29.3 Å².